The Morgan fingerprint density at radius 2 is 1.89 bits per heavy atom. The Hall–Kier alpha value is -3.77. The number of allylic oxidation sites excluding steroid dienone is 1. The fourth-order valence-electron chi connectivity index (χ4n) is 4.40. The number of carbonyl (C=O) groups is 2. The van der Waals surface area contributed by atoms with Crippen molar-refractivity contribution in [1.29, 1.82) is 0 Å². The van der Waals surface area contributed by atoms with Crippen LogP contribution in [0.25, 0.3) is 22.6 Å². The number of aryl methyl sites for hydroxylation is 1. The maximum atomic E-state index is 13.4. The van der Waals surface area contributed by atoms with Crippen LogP contribution in [-0.4, -0.2) is 23.0 Å². The molecule has 1 unspecified atom stereocenters. The number of carbonyl (C=O) groups excluding carboxylic acids is 2. The molecule has 0 saturated heterocycles. The van der Waals surface area contributed by atoms with Crippen LogP contribution in [-0.2, 0) is 22.4 Å². The van der Waals surface area contributed by atoms with Crippen molar-refractivity contribution >= 4 is 51.5 Å². The lowest BCUT2D eigenvalue weighted by atomic mass is 10.0. The number of nitrogens with zero attached hydrogens (tertiary/aromatic N) is 1. The van der Waals surface area contributed by atoms with Crippen molar-refractivity contribution in [1.82, 2.24) is 4.98 Å². The number of amides is 1. The molecule has 1 aliphatic carbocycles. The number of rotatable bonds is 6. The highest BCUT2D eigenvalue weighted by atomic mass is 32.1. The molecule has 0 bridgehead atoms. The van der Waals surface area contributed by atoms with Gasteiger partial charge in [-0.3, -0.25) is 4.79 Å². The third kappa shape index (κ3) is 4.75. The number of nitrogens with one attached hydrogen (secondary N) is 1. The Balaban J connectivity index is 1.43. The molecule has 35 heavy (non-hydrogen) atoms. The minimum atomic E-state index is -0.946. The number of aromatic nitrogens is 1. The van der Waals surface area contributed by atoms with E-state index in [1.165, 1.54) is 5.56 Å². The first-order valence-corrected chi connectivity index (χ1v) is 12.7. The molecule has 0 saturated carbocycles. The molecular formula is C29H26N2O3S. The predicted octanol–water partition coefficient (Wildman–Crippen LogP) is 6.53. The quantitative estimate of drug-likeness (QED) is 0.317. The number of hydrogen-bond acceptors (Lipinski definition) is 5. The van der Waals surface area contributed by atoms with Crippen LogP contribution in [0.15, 0.2) is 66.0 Å². The summed E-state index contributed by atoms with van der Waals surface area (Å²) in [5.74, 6) is -0.864. The monoisotopic (exact) mass is 482 g/mol. The fourth-order valence-corrected chi connectivity index (χ4v) is 5.08. The molecule has 1 atom stereocenters. The number of thiophene rings is 1. The molecule has 2 aromatic carbocycles. The van der Waals surface area contributed by atoms with Gasteiger partial charge in [0.2, 0.25) is 0 Å². The van der Waals surface area contributed by atoms with Gasteiger partial charge in [-0.1, -0.05) is 43.3 Å². The van der Waals surface area contributed by atoms with Gasteiger partial charge >= 0.3 is 5.97 Å². The zero-order valence-electron chi connectivity index (χ0n) is 19.7. The Morgan fingerprint density at radius 3 is 2.63 bits per heavy atom. The molecule has 5 nitrogen and oxygen atoms in total. The highest BCUT2D eigenvalue weighted by Crippen LogP contribution is 2.38. The standard InChI is InChI=1S/C29H26N2O3S/c1-3-19-10-13-21(14-11-19)30-28(32)18(2)34-29(33)26-23-8-4-5-9-25(23)31-27-20(12-15-24(26)27)17-22-7-6-16-35-22/h4-11,13-14,16-18H,3,12,15H2,1-2H3,(H,30,32)/b20-17-. The zero-order valence-corrected chi connectivity index (χ0v) is 20.5. The molecule has 176 valence electrons. The van der Waals surface area contributed by atoms with Crippen LogP contribution in [0, 0.1) is 0 Å². The smallest absolute Gasteiger partial charge is 0.339 e. The first-order valence-electron chi connectivity index (χ1n) is 11.8. The topological polar surface area (TPSA) is 68.3 Å². The van der Waals surface area contributed by atoms with Crippen LogP contribution in [0.4, 0.5) is 5.69 Å². The lowest BCUT2D eigenvalue weighted by Gasteiger charge is -2.16. The first kappa shape index (κ1) is 23.0. The average molecular weight is 483 g/mol. The van der Waals surface area contributed by atoms with Crippen LogP contribution in [0.1, 0.15) is 52.3 Å². The predicted molar refractivity (Wildman–Crippen MR) is 142 cm³/mol. The van der Waals surface area contributed by atoms with Crippen LogP contribution in [0.3, 0.4) is 0 Å². The number of pyridine rings is 1. The molecule has 1 amide bonds. The molecule has 6 heteroatoms. The van der Waals surface area contributed by atoms with E-state index in [2.05, 4.69) is 24.4 Å². The van der Waals surface area contributed by atoms with Gasteiger partial charge < -0.3 is 10.1 Å². The van der Waals surface area contributed by atoms with E-state index < -0.39 is 12.1 Å². The number of fused-ring (bicyclic) bond motifs is 2. The van der Waals surface area contributed by atoms with E-state index >= 15 is 0 Å². The molecule has 1 aliphatic rings. The van der Waals surface area contributed by atoms with Crippen molar-refractivity contribution in [3.05, 3.63) is 93.3 Å². The van der Waals surface area contributed by atoms with Gasteiger partial charge in [0.1, 0.15) is 0 Å². The van der Waals surface area contributed by atoms with Crippen molar-refractivity contribution in [3.8, 4) is 0 Å². The maximum Gasteiger partial charge on any atom is 0.339 e. The molecule has 5 rings (SSSR count). The summed E-state index contributed by atoms with van der Waals surface area (Å²) < 4.78 is 5.69. The minimum absolute atomic E-state index is 0.365. The van der Waals surface area contributed by atoms with E-state index in [0.717, 1.165) is 45.5 Å². The van der Waals surface area contributed by atoms with E-state index in [1.807, 2.05) is 60.0 Å². The fraction of sp³-hybridized carbons (Fsp3) is 0.207. The summed E-state index contributed by atoms with van der Waals surface area (Å²) in [5, 5.41) is 5.63. The second-order valence-corrected chi connectivity index (χ2v) is 9.58. The largest absolute Gasteiger partial charge is 0.449 e. The van der Waals surface area contributed by atoms with Crippen LogP contribution in [0.2, 0.25) is 0 Å². The van der Waals surface area contributed by atoms with Crippen molar-refractivity contribution in [2.75, 3.05) is 5.32 Å². The van der Waals surface area contributed by atoms with Gasteiger partial charge in [0.05, 0.1) is 16.8 Å². The third-order valence-corrected chi connectivity index (χ3v) is 7.11. The lowest BCUT2D eigenvalue weighted by molar-refractivity contribution is -0.123. The molecule has 2 aromatic heterocycles. The summed E-state index contributed by atoms with van der Waals surface area (Å²) in [6, 6.07) is 19.3. The summed E-state index contributed by atoms with van der Waals surface area (Å²) in [4.78, 5) is 32.2. The molecule has 0 fully saturated rings. The normalized spacial score (nSPS) is 14.6. The van der Waals surface area contributed by atoms with Gasteiger partial charge in [0.25, 0.3) is 5.91 Å². The van der Waals surface area contributed by atoms with E-state index in [4.69, 9.17) is 9.72 Å². The van der Waals surface area contributed by atoms with E-state index in [9.17, 15) is 9.59 Å². The Labute approximate surface area is 208 Å². The summed E-state index contributed by atoms with van der Waals surface area (Å²) in [7, 11) is 0. The van der Waals surface area contributed by atoms with Crippen LogP contribution in [0.5, 0.6) is 0 Å². The minimum Gasteiger partial charge on any atom is -0.449 e. The highest BCUT2D eigenvalue weighted by molar-refractivity contribution is 7.10. The Kier molecular flexibility index (Phi) is 6.47. The number of hydrogen-bond donors (Lipinski definition) is 1. The van der Waals surface area contributed by atoms with Crippen LogP contribution < -0.4 is 5.32 Å². The Morgan fingerprint density at radius 1 is 1.09 bits per heavy atom. The number of esters is 1. The van der Waals surface area contributed by atoms with Crippen molar-refractivity contribution in [2.24, 2.45) is 0 Å². The van der Waals surface area contributed by atoms with Crippen molar-refractivity contribution in [3.63, 3.8) is 0 Å². The first-order chi connectivity index (χ1) is 17.0. The van der Waals surface area contributed by atoms with Crippen molar-refractivity contribution < 1.29 is 14.3 Å². The summed E-state index contributed by atoms with van der Waals surface area (Å²) >= 11 is 1.67. The van der Waals surface area contributed by atoms with E-state index in [0.29, 0.717) is 17.7 Å². The van der Waals surface area contributed by atoms with Gasteiger partial charge in [-0.2, -0.15) is 0 Å². The maximum absolute atomic E-state index is 13.4. The molecule has 0 spiro atoms. The van der Waals surface area contributed by atoms with E-state index in [-0.39, 0.29) is 5.91 Å². The third-order valence-electron chi connectivity index (χ3n) is 6.29. The molecule has 0 radical (unpaired) electrons. The summed E-state index contributed by atoms with van der Waals surface area (Å²) in [6.07, 6.45) is 3.64. The molecule has 2 heterocycles. The zero-order chi connectivity index (χ0) is 24.4. The highest BCUT2D eigenvalue weighted by Gasteiger charge is 2.29. The molecule has 0 aliphatic heterocycles. The Bertz CT molecular complexity index is 1420. The molecule has 1 N–H and O–H groups in total. The van der Waals surface area contributed by atoms with Crippen LogP contribution >= 0.6 is 11.3 Å². The number of anilines is 1. The van der Waals surface area contributed by atoms with Crippen molar-refractivity contribution in [2.45, 2.75) is 39.2 Å². The number of benzene rings is 2. The average Bonchev–Trinajstić information content (AvgIpc) is 3.53. The molecule has 4 aromatic rings. The summed E-state index contributed by atoms with van der Waals surface area (Å²) in [6.45, 7) is 3.68. The van der Waals surface area contributed by atoms with Gasteiger partial charge in [-0.25, -0.2) is 9.78 Å². The summed E-state index contributed by atoms with van der Waals surface area (Å²) in [5.41, 5.74) is 5.96. The second kappa shape index (κ2) is 9.84. The van der Waals surface area contributed by atoms with Gasteiger partial charge in [-0.15, -0.1) is 11.3 Å². The second-order valence-electron chi connectivity index (χ2n) is 8.60. The van der Waals surface area contributed by atoms with Gasteiger partial charge in [0.15, 0.2) is 6.10 Å². The van der Waals surface area contributed by atoms with Gasteiger partial charge in [-0.05, 0) is 78.6 Å². The van der Waals surface area contributed by atoms with Gasteiger partial charge in [0, 0.05) is 16.0 Å². The lowest BCUT2D eigenvalue weighted by Crippen LogP contribution is -2.30. The number of para-hydroxylation sites is 1. The number of ether oxygens (including phenoxy) is 1. The SMILES string of the molecule is CCc1ccc(NC(=O)C(C)OC(=O)c2c3c(nc4ccccc24)/C(=C\c2cccs2)CC3)cc1. The molecular weight excluding hydrogens is 456 g/mol. The van der Waals surface area contributed by atoms with E-state index in [1.54, 1.807) is 18.3 Å².